The third-order valence-electron chi connectivity index (χ3n) is 5.12. The lowest BCUT2D eigenvalue weighted by Gasteiger charge is -2.32. The molecule has 0 aromatic heterocycles. The Kier molecular flexibility index (Phi) is 6.59. The second-order valence-corrected chi connectivity index (χ2v) is 10.6. The normalized spacial score (nSPS) is 18.0. The molecule has 0 radical (unpaired) electrons. The monoisotopic (exact) mass is 454 g/mol. The third-order valence-corrected chi connectivity index (χ3v) is 8.55. The summed E-state index contributed by atoms with van der Waals surface area (Å²) in [4.78, 5) is 0.0568. The van der Waals surface area contributed by atoms with Crippen molar-refractivity contribution in [3.05, 3.63) is 42.5 Å². The van der Waals surface area contributed by atoms with Crippen LogP contribution in [0.3, 0.4) is 0 Å². The summed E-state index contributed by atoms with van der Waals surface area (Å²) < 4.78 is 65.8. The zero-order valence-electron chi connectivity index (χ0n) is 17.2. The number of hydrogen-bond acceptors (Lipinski definition) is 6. The highest BCUT2D eigenvalue weighted by Gasteiger charge is 2.31. The second-order valence-electron chi connectivity index (χ2n) is 7.11. The van der Waals surface area contributed by atoms with Crippen LogP contribution in [-0.4, -0.2) is 47.9 Å². The highest BCUT2D eigenvalue weighted by Crippen LogP contribution is 2.30. The van der Waals surface area contributed by atoms with Crippen molar-refractivity contribution < 1.29 is 26.3 Å². The van der Waals surface area contributed by atoms with Crippen molar-refractivity contribution in [1.82, 2.24) is 4.31 Å². The van der Waals surface area contributed by atoms with Crippen LogP contribution in [0.5, 0.6) is 11.5 Å². The molecule has 1 fully saturated rings. The number of piperidine rings is 1. The minimum atomic E-state index is -3.98. The van der Waals surface area contributed by atoms with Gasteiger partial charge in [-0.25, -0.2) is 16.8 Å². The second kappa shape index (κ2) is 8.83. The molecule has 8 nitrogen and oxygen atoms in total. The number of sulfonamides is 2. The number of hydrogen-bond donors (Lipinski definition) is 1. The van der Waals surface area contributed by atoms with Crippen LogP contribution in [0.25, 0.3) is 0 Å². The maximum atomic E-state index is 12.9. The average Bonchev–Trinajstić information content (AvgIpc) is 2.73. The Morgan fingerprint density at radius 2 is 1.67 bits per heavy atom. The Balaban J connectivity index is 1.85. The maximum absolute atomic E-state index is 12.9. The number of methoxy groups -OCH3 is 2. The van der Waals surface area contributed by atoms with Gasteiger partial charge in [0.2, 0.25) is 10.0 Å². The van der Waals surface area contributed by atoms with Crippen molar-refractivity contribution in [3.8, 4) is 11.5 Å². The fraction of sp³-hybridized carbons (Fsp3) is 0.400. The van der Waals surface area contributed by atoms with E-state index in [1.54, 1.807) is 6.07 Å². The zero-order valence-corrected chi connectivity index (χ0v) is 18.8. The van der Waals surface area contributed by atoms with Crippen molar-refractivity contribution >= 4 is 25.7 Å². The molecular weight excluding hydrogens is 428 g/mol. The summed E-state index contributed by atoms with van der Waals surface area (Å²) in [5.41, 5.74) is 0.241. The number of ether oxygens (including phenoxy) is 2. The summed E-state index contributed by atoms with van der Waals surface area (Å²) in [6.45, 7) is 2.40. The van der Waals surface area contributed by atoms with Crippen molar-refractivity contribution in [2.45, 2.75) is 42.0 Å². The van der Waals surface area contributed by atoms with E-state index in [1.165, 1.54) is 54.9 Å². The first-order valence-electron chi connectivity index (χ1n) is 9.56. The number of nitrogens with zero attached hydrogens (tertiary/aromatic N) is 1. The summed E-state index contributed by atoms with van der Waals surface area (Å²) in [6, 6.07) is 10.1. The molecule has 1 saturated heterocycles. The molecule has 30 heavy (non-hydrogen) atoms. The minimum Gasteiger partial charge on any atom is -0.497 e. The standard InChI is InChI=1S/C20H26N2O6S2/c1-15-6-4-5-13-22(15)30(25,26)18-10-7-16(8-11-18)21-29(23,24)20-14-17(27-2)9-12-19(20)28-3/h7-12,14-15,21H,4-6,13H2,1-3H3/t15-/m1/s1. The van der Waals surface area contributed by atoms with E-state index in [0.29, 0.717) is 12.3 Å². The Bertz CT molecular complexity index is 1100. The molecule has 1 heterocycles. The Morgan fingerprint density at radius 3 is 2.27 bits per heavy atom. The predicted molar refractivity (Wildman–Crippen MR) is 114 cm³/mol. The molecule has 3 rings (SSSR count). The van der Waals surface area contributed by atoms with Gasteiger partial charge in [-0.3, -0.25) is 4.72 Å². The molecule has 2 aromatic rings. The molecule has 1 atom stereocenters. The molecule has 1 aliphatic heterocycles. The SMILES string of the molecule is COc1ccc(OC)c(S(=O)(=O)Nc2ccc(S(=O)(=O)N3CCCC[C@H]3C)cc2)c1. The molecule has 10 heteroatoms. The summed E-state index contributed by atoms with van der Waals surface area (Å²) in [7, 11) is -4.79. The van der Waals surface area contributed by atoms with E-state index in [-0.39, 0.29) is 27.3 Å². The van der Waals surface area contributed by atoms with Crippen LogP contribution >= 0.6 is 0 Å². The Hall–Kier alpha value is -2.30. The van der Waals surface area contributed by atoms with Crippen LogP contribution in [0.2, 0.25) is 0 Å². The van der Waals surface area contributed by atoms with Crippen molar-refractivity contribution in [2.75, 3.05) is 25.5 Å². The molecule has 0 saturated carbocycles. The first kappa shape index (κ1) is 22.4. The Labute approximate surface area is 177 Å². The molecule has 0 aliphatic carbocycles. The predicted octanol–water partition coefficient (Wildman–Crippen LogP) is 3.07. The van der Waals surface area contributed by atoms with Crippen molar-refractivity contribution in [3.63, 3.8) is 0 Å². The third kappa shape index (κ3) is 4.55. The number of nitrogens with one attached hydrogen (secondary N) is 1. The van der Waals surface area contributed by atoms with Crippen LogP contribution in [0, 0.1) is 0 Å². The highest BCUT2D eigenvalue weighted by atomic mass is 32.2. The van der Waals surface area contributed by atoms with Gasteiger partial charge in [0.25, 0.3) is 10.0 Å². The summed E-state index contributed by atoms with van der Waals surface area (Å²) >= 11 is 0. The van der Waals surface area contributed by atoms with Crippen molar-refractivity contribution in [2.24, 2.45) is 0 Å². The first-order chi connectivity index (χ1) is 14.2. The van der Waals surface area contributed by atoms with Gasteiger partial charge in [-0.05, 0) is 56.2 Å². The van der Waals surface area contributed by atoms with Gasteiger partial charge < -0.3 is 9.47 Å². The summed E-state index contributed by atoms with van der Waals surface area (Å²) in [5.74, 6) is 0.537. The van der Waals surface area contributed by atoms with Crippen LogP contribution in [0.15, 0.2) is 52.3 Å². The zero-order chi connectivity index (χ0) is 21.9. The highest BCUT2D eigenvalue weighted by molar-refractivity contribution is 7.92. The van der Waals surface area contributed by atoms with E-state index >= 15 is 0 Å². The van der Waals surface area contributed by atoms with Gasteiger partial charge in [0.15, 0.2) is 0 Å². The average molecular weight is 455 g/mol. The molecule has 164 valence electrons. The fourth-order valence-electron chi connectivity index (χ4n) is 3.46. The van der Waals surface area contributed by atoms with Crippen LogP contribution in [-0.2, 0) is 20.0 Å². The molecule has 0 bridgehead atoms. The van der Waals surface area contributed by atoms with Gasteiger partial charge in [0.1, 0.15) is 16.4 Å². The van der Waals surface area contributed by atoms with Crippen LogP contribution < -0.4 is 14.2 Å². The van der Waals surface area contributed by atoms with E-state index in [2.05, 4.69) is 4.72 Å². The van der Waals surface area contributed by atoms with Gasteiger partial charge in [0.05, 0.1) is 19.1 Å². The van der Waals surface area contributed by atoms with E-state index in [4.69, 9.17) is 9.47 Å². The fourth-order valence-corrected chi connectivity index (χ4v) is 6.41. The van der Waals surface area contributed by atoms with Gasteiger partial charge in [0, 0.05) is 24.3 Å². The largest absolute Gasteiger partial charge is 0.497 e. The van der Waals surface area contributed by atoms with Gasteiger partial charge in [-0.15, -0.1) is 0 Å². The van der Waals surface area contributed by atoms with Gasteiger partial charge in [-0.2, -0.15) is 4.31 Å². The molecule has 0 unspecified atom stereocenters. The summed E-state index contributed by atoms with van der Waals surface area (Å²) in [6.07, 6.45) is 2.69. The number of rotatable bonds is 7. The van der Waals surface area contributed by atoms with Crippen LogP contribution in [0.4, 0.5) is 5.69 Å². The molecule has 2 aromatic carbocycles. The van der Waals surface area contributed by atoms with Crippen molar-refractivity contribution in [1.29, 1.82) is 0 Å². The topological polar surface area (TPSA) is 102 Å². The van der Waals surface area contributed by atoms with Gasteiger partial charge >= 0.3 is 0 Å². The van der Waals surface area contributed by atoms with E-state index < -0.39 is 20.0 Å². The van der Waals surface area contributed by atoms with E-state index in [9.17, 15) is 16.8 Å². The number of benzene rings is 2. The maximum Gasteiger partial charge on any atom is 0.265 e. The number of anilines is 1. The lowest BCUT2D eigenvalue weighted by molar-refractivity contribution is 0.268. The van der Waals surface area contributed by atoms with Crippen LogP contribution in [0.1, 0.15) is 26.2 Å². The molecule has 0 spiro atoms. The molecule has 1 aliphatic rings. The molecular formula is C20H26N2O6S2. The smallest absolute Gasteiger partial charge is 0.265 e. The lowest BCUT2D eigenvalue weighted by Crippen LogP contribution is -2.41. The molecule has 1 N–H and O–H groups in total. The van der Waals surface area contributed by atoms with E-state index in [0.717, 1.165) is 19.3 Å². The minimum absolute atomic E-state index is 0.0533. The Morgan fingerprint density at radius 1 is 0.967 bits per heavy atom. The van der Waals surface area contributed by atoms with E-state index in [1.807, 2.05) is 6.92 Å². The van der Waals surface area contributed by atoms with Gasteiger partial charge in [-0.1, -0.05) is 6.42 Å². The quantitative estimate of drug-likeness (QED) is 0.690. The summed E-state index contributed by atoms with van der Waals surface area (Å²) in [5, 5.41) is 0. The first-order valence-corrected chi connectivity index (χ1v) is 12.5. The lowest BCUT2D eigenvalue weighted by atomic mass is 10.1. The molecule has 0 amide bonds.